The molecule has 1 N–H and O–H groups in total. The van der Waals surface area contributed by atoms with Crippen molar-refractivity contribution in [2.75, 3.05) is 0 Å². The summed E-state index contributed by atoms with van der Waals surface area (Å²) in [5.74, 6) is -0.221. The van der Waals surface area contributed by atoms with Crippen LogP contribution in [0.25, 0.3) is 0 Å². The third-order valence-corrected chi connectivity index (χ3v) is 2.85. The van der Waals surface area contributed by atoms with Gasteiger partial charge in [-0.2, -0.15) is 0 Å². The zero-order valence-corrected chi connectivity index (χ0v) is 7.83. The summed E-state index contributed by atoms with van der Waals surface area (Å²) in [5, 5.41) is 9.38. The Kier molecular flexibility index (Phi) is 3.07. The van der Waals surface area contributed by atoms with Crippen LogP contribution in [0.15, 0.2) is 0 Å². The Hall–Kier alpha value is -0.150. The number of aliphatic hydroxyl groups excluding tert-OH is 1. The number of rotatable bonds is 1. The van der Waals surface area contributed by atoms with Gasteiger partial charge in [-0.05, 0) is 12.3 Å². The highest BCUT2D eigenvalue weighted by Crippen LogP contribution is 2.32. The molecule has 0 radical (unpaired) electrons. The van der Waals surface area contributed by atoms with Gasteiger partial charge in [0.15, 0.2) is 6.29 Å². The molecule has 72 valence electrons. The number of alkyl halides is 1. The summed E-state index contributed by atoms with van der Waals surface area (Å²) in [6.45, 7) is 5.50. The van der Waals surface area contributed by atoms with Gasteiger partial charge in [0.05, 0.1) is 6.10 Å². The van der Waals surface area contributed by atoms with Gasteiger partial charge in [0.2, 0.25) is 0 Å². The standard InChI is InChI=1S/C9H17FO2/c1-4-7-8(10)5(2)6(3)9(11)12-7/h5-9,11H,4H2,1-3H3/t5-,6?,7?,8+,9?/m1/s1. The molecule has 1 aliphatic rings. The van der Waals surface area contributed by atoms with Crippen LogP contribution in [0.2, 0.25) is 0 Å². The lowest BCUT2D eigenvalue weighted by molar-refractivity contribution is -0.229. The fourth-order valence-corrected chi connectivity index (χ4v) is 1.59. The van der Waals surface area contributed by atoms with Crippen LogP contribution in [0.5, 0.6) is 0 Å². The summed E-state index contributed by atoms with van der Waals surface area (Å²) in [5.41, 5.74) is 0. The molecule has 3 unspecified atom stereocenters. The van der Waals surface area contributed by atoms with E-state index in [1.807, 2.05) is 20.8 Å². The van der Waals surface area contributed by atoms with E-state index < -0.39 is 18.6 Å². The molecule has 12 heavy (non-hydrogen) atoms. The van der Waals surface area contributed by atoms with Crippen molar-refractivity contribution < 1.29 is 14.2 Å². The molecule has 3 heteroatoms. The Balaban J connectivity index is 2.63. The summed E-state index contributed by atoms with van der Waals surface area (Å²) in [4.78, 5) is 0. The molecule has 0 aromatic rings. The molecule has 1 aliphatic heterocycles. The summed E-state index contributed by atoms with van der Waals surface area (Å²) in [6.07, 6.45) is -1.54. The van der Waals surface area contributed by atoms with Crippen LogP contribution < -0.4 is 0 Å². The van der Waals surface area contributed by atoms with Crippen molar-refractivity contribution in [3.05, 3.63) is 0 Å². The minimum absolute atomic E-state index is 0.109. The van der Waals surface area contributed by atoms with Gasteiger partial charge < -0.3 is 9.84 Å². The number of halogens is 1. The predicted octanol–water partition coefficient (Wildman–Crippen LogP) is 1.72. The van der Waals surface area contributed by atoms with E-state index in [4.69, 9.17) is 4.74 Å². The van der Waals surface area contributed by atoms with E-state index in [1.54, 1.807) is 0 Å². The minimum atomic E-state index is -0.937. The third-order valence-electron chi connectivity index (χ3n) is 2.85. The molecular formula is C9H17FO2. The molecule has 0 bridgehead atoms. The largest absolute Gasteiger partial charge is 0.368 e. The minimum Gasteiger partial charge on any atom is -0.368 e. The first-order valence-electron chi connectivity index (χ1n) is 4.55. The molecule has 0 aromatic heterocycles. The van der Waals surface area contributed by atoms with E-state index in [0.717, 1.165) is 0 Å². The fraction of sp³-hybridized carbons (Fsp3) is 1.00. The van der Waals surface area contributed by atoms with Crippen LogP contribution >= 0.6 is 0 Å². The van der Waals surface area contributed by atoms with E-state index in [-0.39, 0.29) is 11.8 Å². The quantitative estimate of drug-likeness (QED) is 0.659. The van der Waals surface area contributed by atoms with E-state index in [2.05, 4.69) is 0 Å². The average molecular weight is 176 g/mol. The van der Waals surface area contributed by atoms with Gasteiger partial charge in [-0.1, -0.05) is 20.8 Å². The van der Waals surface area contributed by atoms with Crippen LogP contribution in [0.4, 0.5) is 4.39 Å². The SMILES string of the molecule is CCC1OC(O)C(C)[C@@H](C)[C@@H]1F. The maximum absolute atomic E-state index is 13.4. The number of hydrogen-bond donors (Lipinski definition) is 1. The molecular weight excluding hydrogens is 159 g/mol. The van der Waals surface area contributed by atoms with Crippen molar-refractivity contribution in [2.24, 2.45) is 11.8 Å². The van der Waals surface area contributed by atoms with Crippen LogP contribution in [-0.4, -0.2) is 23.7 Å². The Morgan fingerprint density at radius 2 is 1.92 bits per heavy atom. The molecule has 1 saturated heterocycles. The summed E-state index contributed by atoms with van der Waals surface area (Å²) in [6, 6.07) is 0. The molecule has 5 atom stereocenters. The first-order chi connectivity index (χ1) is 5.57. The Morgan fingerprint density at radius 3 is 2.42 bits per heavy atom. The second-order valence-electron chi connectivity index (χ2n) is 3.64. The fourth-order valence-electron chi connectivity index (χ4n) is 1.59. The molecule has 1 fully saturated rings. The zero-order chi connectivity index (χ0) is 9.30. The first kappa shape index (κ1) is 9.93. The Morgan fingerprint density at radius 1 is 1.33 bits per heavy atom. The van der Waals surface area contributed by atoms with Crippen LogP contribution in [-0.2, 0) is 4.74 Å². The normalized spacial score (nSPS) is 49.2. The van der Waals surface area contributed by atoms with Crippen LogP contribution in [0.1, 0.15) is 27.2 Å². The smallest absolute Gasteiger partial charge is 0.157 e. The first-order valence-corrected chi connectivity index (χ1v) is 4.55. The monoisotopic (exact) mass is 176 g/mol. The van der Waals surface area contributed by atoms with Crippen LogP contribution in [0, 0.1) is 11.8 Å². The van der Waals surface area contributed by atoms with Crippen molar-refractivity contribution in [3.8, 4) is 0 Å². The van der Waals surface area contributed by atoms with Gasteiger partial charge in [0.1, 0.15) is 6.17 Å². The lowest BCUT2D eigenvalue weighted by atomic mass is 9.85. The van der Waals surface area contributed by atoms with Crippen molar-refractivity contribution in [1.29, 1.82) is 0 Å². The van der Waals surface area contributed by atoms with Crippen molar-refractivity contribution in [3.63, 3.8) is 0 Å². The molecule has 0 aromatic carbocycles. The number of hydrogen-bond acceptors (Lipinski definition) is 2. The van der Waals surface area contributed by atoms with Gasteiger partial charge in [0.25, 0.3) is 0 Å². The molecule has 0 spiro atoms. The van der Waals surface area contributed by atoms with Gasteiger partial charge >= 0.3 is 0 Å². The highest BCUT2D eigenvalue weighted by Gasteiger charge is 2.39. The maximum Gasteiger partial charge on any atom is 0.157 e. The zero-order valence-electron chi connectivity index (χ0n) is 7.83. The molecule has 0 amide bonds. The van der Waals surface area contributed by atoms with E-state index in [9.17, 15) is 9.50 Å². The lowest BCUT2D eigenvalue weighted by Crippen LogP contribution is -2.46. The molecule has 0 saturated carbocycles. The van der Waals surface area contributed by atoms with E-state index >= 15 is 0 Å². The lowest BCUT2D eigenvalue weighted by Gasteiger charge is -2.38. The van der Waals surface area contributed by atoms with Gasteiger partial charge in [-0.3, -0.25) is 0 Å². The molecule has 1 rings (SSSR count). The highest BCUT2D eigenvalue weighted by molar-refractivity contribution is 4.83. The van der Waals surface area contributed by atoms with E-state index in [1.165, 1.54) is 0 Å². The molecule has 1 heterocycles. The van der Waals surface area contributed by atoms with Gasteiger partial charge in [-0.15, -0.1) is 0 Å². The van der Waals surface area contributed by atoms with Gasteiger partial charge in [0, 0.05) is 5.92 Å². The summed E-state index contributed by atoms with van der Waals surface area (Å²) >= 11 is 0. The topological polar surface area (TPSA) is 29.5 Å². The van der Waals surface area contributed by atoms with E-state index in [0.29, 0.717) is 6.42 Å². The predicted molar refractivity (Wildman–Crippen MR) is 44.4 cm³/mol. The average Bonchev–Trinajstić information content (AvgIpc) is 2.08. The molecule has 0 aliphatic carbocycles. The second kappa shape index (κ2) is 3.71. The van der Waals surface area contributed by atoms with Crippen LogP contribution in [0.3, 0.4) is 0 Å². The maximum atomic E-state index is 13.4. The van der Waals surface area contributed by atoms with Crippen molar-refractivity contribution in [1.82, 2.24) is 0 Å². The summed E-state index contributed by atoms with van der Waals surface area (Å²) in [7, 11) is 0. The van der Waals surface area contributed by atoms with Crippen molar-refractivity contribution >= 4 is 0 Å². The van der Waals surface area contributed by atoms with Crippen molar-refractivity contribution in [2.45, 2.75) is 45.8 Å². The summed E-state index contributed by atoms with van der Waals surface area (Å²) < 4.78 is 18.5. The highest BCUT2D eigenvalue weighted by atomic mass is 19.1. The van der Waals surface area contributed by atoms with Gasteiger partial charge in [-0.25, -0.2) is 4.39 Å². The Bertz CT molecular complexity index is 147. The number of aliphatic hydroxyl groups is 1. The second-order valence-corrected chi connectivity index (χ2v) is 3.64. The molecule has 2 nitrogen and oxygen atoms in total. The third kappa shape index (κ3) is 1.62. The number of ether oxygens (including phenoxy) is 1. The Labute approximate surface area is 72.7 Å².